The zero-order valence-corrected chi connectivity index (χ0v) is 22.0. The molecule has 2 aromatic carbocycles. The Balaban J connectivity index is 1.72. The molecule has 0 radical (unpaired) electrons. The molecule has 0 saturated carbocycles. The van der Waals surface area contributed by atoms with E-state index in [0.29, 0.717) is 24.6 Å². The second kappa shape index (κ2) is 10.3. The minimum absolute atomic E-state index is 0.0809. The lowest BCUT2D eigenvalue weighted by Gasteiger charge is -2.20. The van der Waals surface area contributed by atoms with E-state index in [2.05, 4.69) is 25.5 Å². The predicted octanol–water partition coefficient (Wildman–Crippen LogP) is 3.42. The molecule has 5 rings (SSSR count). The van der Waals surface area contributed by atoms with Gasteiger partial charge in [0, 0.05) is 32.3 Å². The lowest BCUT2D eigenvalue weighted by molar-refractivity contribution is 0.322. The van der Waals surface area contributed by atoms with Crippen molar-refractivity contribution >= 4 is 12.5 Å². The molecule has 8 heteroatoms. The van der Waals surface area contributed by atoms with Gasteiger partial charge in [-0.25, -0.2) is 9.37 Å². The van der Waals surface area contributed by atoms with Gasteiger partial charge in [0.25, 0.3) is 5.56 Å². The molecule has 1 saturated heterocycles. The van der Waals surface area contributed by atoms with E-state index in [1.54, 1.807) is 32.5 Å². The summed E-state index contributed by atoms with van der Waals surface area (Å²) in [7, 11) is 1.81. The Morgan fingerprint density at radius 2 is 1.79 bits per heavy atom. The number of nitrogens with zero attached hydrogens (tertiary/aromatic N) is 5. The van der Waals surface area contributed by atoms with Crippen molar-refractivity contribution in [2.24, 2.45) is 7.05 Å². The van der Waals surface area contributed by atoms with Gasteiger partial charge in [-0.1, -0.05) is 50.8 Å². The molecule has 1 aliphatic rings. The average molecular weight is 514 g/mol. The quantitative estimate of drug-likeness (QED) is 0.428. The normalized spacial score (nSPS) is 16.2. The molecule has 1 fully saturated rings. The highest BCUT2D eigenvalue weighted by molar-refractivity contribution is 5.58. The van der Waals surface area contributed by atoms with Gasteiger partial charge in [-0.15, -0.1) is 0 Å². The topological polar surface area (TPSA) is 76.2 Å². The summed E-state index contributed by atoms with van der Waals surface area (Å²) in [6, 6.07) is 14.3. The van der Waals surface area contributed by atoms with E-state index in [9.17, 15) is 14.3 Å². The van der Waals surface area contributed by atoms with Gasteiger partial charge >= 0.3 is 0 Å². The third-order valence-corrected chi connectivity index (χ3v) is 7.34. The molecule has 0 amide bonds. The number of aliphatic hydroxyl groups is 1. The fraction of sp³-hybridized carbons (Fsp3) is 0.300. The summed E-state index contributed by atoms with van der Waals surface area (Å²) < 4.78 is 16.7. The summed E-state index contributed by atoms with van der Waals surface area (Å²) >= 11 is 0. The first-order valence-electron chi connectivity index (χ1n) is 13.0. The number of aryl methyl sites for hydroxylation is 3. The molecule has 1 unspecified atom stereocenters. The van der Waals surface area contributed by atoms with Crippen molar-refractivity contribution in [3.63, 3.8) is 0 Å². The smallest absolute Gasteiger partial charge is 0.271 e. The van der Waals surface area contributed by atoms with Gasteiger partial charge in [0.1, 0.15) is 16.7 Å². The highest BCUT2D eigenvalue weighted by Gasteiger charge is 2.27. The Bertz CT molecular complexity index is 1630. The lowest BCUT2D eigenvalue weighted by atomic mass is 9.99. The summed E-state index contributed by atoms with van der Waals surface area (Å²) in [5.74, 6) is 0.0865. The molecule has 0 bridgehead atoms. The molecule has 1 aliphatic heterocycles. The van der Waals surface area contributed by atoms with Crippen LogP contribution in [0.1, 0.15) is 42.9 Å². The van der Waals surface area contributed by atoms with Crippen LogP contribution in [0.5, 0.6) is 0 Å². The number of likely N-dealkylation sites (tertiary alicyclic amines) is 1. The van der Waals surface area contributed by atoms with Crippen LogP contribution in [0.25, 0.3) is 29.7 Å². The van der Waals surface area contributed by atoms with Crippen molar-refractivity contribution in [2.75, 3.05) is 13.1 Å². The molecule has 1 atom stereocenters. The molecule has 0 spiro atoms. The maximum atomic E-state index is 14.3. The van der Waals surface area contributed by atoms with Crippen molar-refractivity contribution in [3.05, 3.63) is 98.2 Å². The first kappa shape index (κ1) is 25.4. The SMILES string of the molecule is C=c1nc(-c2ccn(C)n2)n(-c2c(CC)cccc2CC)c(=O)c1=C(O)N1CCC(c2ccc(F)cc2)C1. The van der Waals surface area contributed by atoms with E-state index in [1.165, 1.54) is 12.1 Å². The number of para-hydroxylation sites is 1. The second-order valence-corrected chi connectivity index (χ2v) is 9.71. The van der Waals surface area contributed by atoms with E-state index in [0.717, 1.165) is 41.6 Å². The minimum Gasteiger partial charge on any atom is -0.494 e. The Morgan fingerprint density at radius 3 is 2.39 bits per heavy atom. The van der Waals surface area contributed by atoms with Crippen LogP contribution in [0.3, 0.4) is 0 Å². The number of halogens is 1. The number of hydrogen-bond donors (Lipinski definition) is 1. The summed E-state index contributed by atoms with van der Waals surface area (Å²) in [5, 5.41) is 16.2. The summed E-state index contributed by atoms with van der Waals surface area (Å²) in [6.45, 7) is 9.23. The monoisotopic (exact) mass is 513 g/mol. The van der Waals surface area contributed by atoms with Crippen LogP contribution in [-0.4, -0.2) is 42.4 Å². The first-order chi connectivity index (χ1) is 18.3. The van der Waals surface area contributed by atoms with Crippen molar-refractivity contribution in [1.29, 1.82) is 0 Å². The van der Waals surface area contributed by atoms with E-state index in [-0.39, 0.29) is 33.7 Å². The molecule has 2 aromatic heterocycles. The molecule has 38 heavy (non-hydrogen) atoms. The van der Waals surface area contributed by atoms with Gasteiger partial charge in [0.2, 0.25) is 5.88 Å². The van der Waals surface area contributed by atoms with E-state index < -0.39 is 0 Å². The van der Waals surface area contributed by atoms with Gasteiger partial charge in [-0.3, -0.25) is 14.0 Å². The van der Waals surface area contributed by atoms with Crippen LogP contribution in [0.2, 0.25) is 0 Å². The predicted molar refractivity (Wildman–Crippen MR) is 147 cm³/mol. The van der Waals surface area contributed by atoms with Crippen LogP contribution in [-0.2, 0) is 19.9 Å². The Hall–Kier alpha value is -4.20. The van der Waals surface area contributed by atoms with Crippen molar-refractivity contribution < 1.29 is 9.50 Å². The lowest BCUT2D eigenvalue weighted by Crippen LogP contribution is -2.50. The molecule has 4 aromatic rings. The van der Waals surface area contributed by atoms with Gasteiger partial charge in [-0.2, -0.15) is 5.10 Å². The van der Waals surface area contributed by atoms with Gasteiger partial charge < -0.3 is 10.0 Å². The van der Waals surface area contributed by atoms with Gasteiger partial charge in [0.15, 0.2) is 5.82 Å². The molecule has 0 aliphatic carbocycles. The van der Waals surface area contributed by atoms with E-state index >= 15 is 0 Å². The standard InChI is InChI=1S/C30H32FN5O2/c1-5-20-8-7-9-21(6-2)27(20)36-28(25-15-16-34(4)33-25)32-19(3)26(30(36)38)29(37)35-17-14-23(18-35)22-10-12-24(31)13-11-22/h7-13,15-16,23,37H,3,5-6,14,17-18H2,1-2,4H3. The van der Waals surface area contributed by atoms with Crippen molar-refractivity contribution in [3.8, 4) is 17.2 Å². The molecular formula is C30H32FN5O2. The molecular weight excluding hydrogens is 481 g/mol. The maximum absolute atomic E-state index is 14.3. The van der Waals surface area contributed by atoms with Gasteiger partial charge in [0.05, 0.1) is 11.0 Å². The third-order valence-electron chi connectivity index (χ3n) is 7.34. The summed E-state index contributed by atoms with van der Waals surface area (Å²) in [5.41, 5.74) is 3.95. The minimum atomic E-state index is -0.385. The fourth-order valence-corrected chi connectivity index (χ4v) is 5.32. The van der Waals surface area contributed by atoms with Crippen LogP contribution in [0.4, 0.5) is 4.39 Å². The van der Waals surface area contributed by atoms with E-state index in [4.69, 9.17) is 4.98 Å². The highest BCUT2D eigenvalue weighted by atomic mass is 19.1. The third kappa shape index (κ3) is 4.51. The second-order valence-electron chi connectivity index (χ2n) is 9.71. The van der Waals surface area contributed by atoms with Crippen LogP contribution in [0.15, 0.2) is 59.5 Å². The molecule has 7 nitrogen and oxygen atoms in total. The Morgan fingerprint density at radius 1 is 1.11 bits per heavy atom. The molecule has 3 heterocycles. The summed E-state index contributed by atoms with van der Waals surface area (Å²) in [4.78, 5) is 20.9. The van der Waals surface area contributed by atoms with Crippen molar-refractivity contribution in [1.82, 2.24) is 24.2 Å². The molecule has 196 valence electrons. The van der Waals surface area contributed by atoms with Gasteiger partial charge in [-0.05, 0) is 54.2 Å². The summed E-state index contributed by atoms with van der Waals surface area (Å²) in [6.07, 6.45) is 4.02. The van der Waals surface area contributed by atoms with Crippen LogP contribution < -0.4 is 16.1 Å². The Labute approximate surface area is 220 Å². The molecule has 1 N–H and O–H groups in total. The zero-order chi connectivity index (χ0) is 27.0. The van der Waals surface area contributed by atoms with Crippen molar-refractivity contribution in [2.45, 2.75) is 39.0 Å². The zero-order valence-electron chi connectivity index (χ0n) is 22.0. The van der Waals surface area contributed by atoms with Crippen LogP contribution in [0, 0.1) is 5.82 Å². The fourth-order valence-electron chi connectivity index (χ4n) is 5.32. The number of hydrogen-bond acceptors (Lipinski definition) is 5. The van der Waals surface area contributed by atoms with Crippen LogP contribution >= 0.6 is 0 Å². The number of aliphatic hydroxyl groups excluding tert-OH is 1. The Kier molecular flexibility index (Phi) is 6.89. The number of rotatable bonds is 6. The number of aromatic nitrogens is 4. The van der Waals surface area contributed by atoms with E-state index in [1.807, 2.05) is 31.3 Å². The number of benzene rings is 2. The first-order valence-corrected chi connectivity index (χ1v) is 13.0. The highest BCUT2D eigenvalue weighted by Crippen LogP contribution is 2.29. The average Bonchev–Trinajstić information content (AvgIpc) is 3.58. The maximum Gasteiger partial charge on any atom is 0.271 e. The largest absolute Gasteiger partial charge is 0.494 e.